The highest BCUT2D eigenvalue weighted by Gasteiger charge is 2.19. The Bertz CT molecular complexity index is 643. The third-order valence-electron chi connectivity index (χ3n) is 2.77. The van der Waals surface area contributed by atoms with Crippen LogP contribution in [-0.4, -0.2) is 29.5 Å². The summed E-state index contributed by atoms with van der Waals surface area (Å²) in [6.45, 7) is 0.516. The molecule has 0 spiro atoms. The predicted octanol–water partition coefficient (Wildman–Crippen LogP) is 2.49. The molecule has 8 heteroatoms. The number of methoxy groups -OCH3 is 1. The molecule has 21 heavy (non-hydrogen) atoms. The minimum absolute atomic E-state index is 0.0487. The Morgan fingerprint density at radius 1 is 1.57 bits per heavy atom. The van der Waals surface area contributed by atoms with E-state index in [4.69, 9.17) is 0 Å². The molecule has 0 atom stereocenters. The van der Waals surface area contributed by atoms with Crippen LogP contribution in [0.4, 0.5) is 11.5 Å². The van der Waals surface area contributed by atoms with E-state index in [9.17, 15) is 14.9 Å². The Morgan fingerprint density at radius 2 is 2.38 bits per heavy atom. The van der Waals surface area contributed by atoms with Crippen LogP contribution in [0.3, 0.4) is 0 Å². The summed E-state index contributed by atoms with van der Waals surface area (Å²) in [5, 5.41) is 18.0. The quantitative estimate of drug-likeness (QED) is 0.500. The number of hydrogen-bond donors (Lipinski definition) is 1. The molecule has 0 aliphatic heterocycles. The monoisotopic (exact) mass is 307 g/mol. The molecule has 0 bridgehead atoms. The van der Waals surface area contributed by atoms with Gasteiger partial charge in [-0.3, -0.25) is 10.1 Å². The highest BCUT2D eigenvalue weighted by atomic mass is 32.1. The number of hydrogen-bond acceptors (Lipinski definition) is 7. The summed E-state index contributed by atoms with van der Waals surface area (Å²) in [6, 6.07) is 3.15. The van der Waals surface area contributed by atoms with Crippen molar-refractivity contribution in [3.05, 3.63) is 50.3 Å². The van der Waals surface area contributed by atoms with E-state index in [0.717, 1.165) is 18.1 Å². The van der Waals surface area contributed by atoms with Crippen molar-refractivity contribution in [1.82, 2.24) is 4.98 Å². The van der Waals surface area contributed by atoms with Gasteiger partial charge in [0, 0.05) is 18.8 Å². The highest BCUT2D eigenvalue weighted by Crippen LogP contribution is 2.23. The van der Waals surface area contributed by atoms with Gasteiger partial charge in [-0.25, -0.2) is 9.78 Å². The summed E-state index contributed by atoms with van der Waals surface area (Å²) in [7, 11) is 1.21. The standard InChI is InChI=1S/C13H13N3O4S/c1-20-13(17)10-6-11(16(18)19)12(15-7-10)14-4-2-9-3-5-21-8-9/h3,5-8H,2,4H2,1H3,(H,14,15). The predicted molar refractivity (Wildman–Crippen MR) is 78.7 cm³/mol. The largest absolute Gasteiger partial charge is 0.465 e. The van der Waals surface area contributed by atoms with Crippen LogP contribution in [0.5, 0.6) is 0 Å². The highest BCUT2D eigenvalue weighted by molar-refractivity contribution is 7.07. The summed E-state index contributed by atoms with van der Waals surface area (Å²) < 4.78 is 4.52. The zero-order chi connectivity index (χ0) is 15.2. The molecule has 2 rings (SSSR count). The van der Waals surface area contributed by atoms with Crippen molar-refractivity contribution in [2.24, 2.45) is 0 Å². The van der Waals surface area contributed by atoms with Crippen molar-refractivity contribution in [3.8, 4) is 0 Å². The fourth-order valence-electron chi connectivity index (χ4n) is 1.72. The molecule has 0 amide bonds. The number of ether oxygens (including phenoxy) is 1. The second-order valence-corrected chi connectivity index (χ2v) is 4.93. The Kier molecular flexibility index (Phi) is 4.83. The van der Waals surface area contributed by atoms with Crippen LogP contribution >= 0.6 is 11.3 Å². The van der Waals surface area contributed by atoms with Crippen LogP contribution in [0.1, 0.15) is 15.9 Å². The van der Waals surface area contributed by atoms with Gasteiger partial charge in [0.1, 0.15) is 0 Å². The fourth-order valence-corrected chi connectivity index (χ4v) is 2.42. The van der Waals surface area contributed by atoms with Gasteiger partial charge in [0.15, 0.2) is 0 Å². The lowest BCUT2D eigenvalue weighted by Gasteiger charge is -2.06. The molecule has 110 valence electrons. The second-order valence-electron chi connectivity index (χ2n) is 4.15. The molecule has 2 aromatic rings. The van der Waals surface area contributed by atoms with Gasteiger partial charge in [0.25, 0.3) is 0 Å². The zero-order valence-corrected chi connectivity index (χ0v) is 12.1. The van der Waals surface area contributed by atoms with Crippen molar-refractivity contribution < 1.29 is 14.5 Å². The molecule has 0 saturated carbocycles. The van der Waals surface area contributed by atoms with Gasteiger partial charge in [-0.2, -0.15) is 11.3 Å². The number of esters is 1. The fraction of sp³-hybridized carbons (Fsp3) is 0.231. The average molecular weight is 307 g/mol. The van der Waals surface area contributed by atoms with E-state index in [2.05, 4.69) is 15.0 Å². The molecule has 0 radical (unpaired) electrons. The van der Waals surface area contributed by atoms with Gasteiger partial charge in [0.05, 0.1) is 17.6 Å². The van der Waals surface area contributed by atoms with E-state index in [-0.39, 0.29) is 17.1 Å². The van der Waals surface area contributed by atoms with E-state index in [0.29, 0.717) is 6.54 Å². The van der Waals surface area contributed by atoms with Gasteiger partial charge in [-0.1, -0.05) is 0 Å². The zero-order valence-electron chi connectivity index (χ0n) is 11.2. The van der Waals surface area contributed by atoms with Gasteiger partial charge >= 0.3 is 11.7 Å². The summed E-state index contributed by atoms with van der Waals surface area (Å²) in [5.41, 5.74) is 0.956. The minimum atomic E-state index is -0.657. The lowest BCUT2D eigenvalue weighted by atomic mass is 10.2. The molecule has 7 nitrogen and oxygen atoms in total. The molecule has 2 heterocycles. The number of nitrogens with one attached hydrogen (secondary N) is 1. The van der Waals surface area contributed by atoms with Crippen LogP contribution < -0.4 is 5.32 Å². The van der Waals surface area contributed by atoms with Crippen molar-refractivity contribution in [3.63, 3.8) is 0 Å². The van der Waals surface area contributed by atoms with Gasteiger partial charge < -0.3 is 10.1 Å². The molecule has 0 unspecified atom stereocenters. The van der Waals surface area contributed by atoms with Crippen LogP contribution in [0, 0.1) is 10.1 Å². The van der Waals surface area contributed by atoms with Crippen LogP contribution in [0.25, 0.3) is 0 Å². The number of carbonyl (C=O) groups excluding carboxylic acids is 1. The van der Waals surface area contributed by atoms with Gasteiger partial charge in [0.2, 0.25) is 5.82 Å². The molecule has 0 fully saturated rings. The van der Waals surface area contributed by atoms with Crippen LogP contribution in [-0.2, 0) is 11.2 Å². The summed E-state index contributed by atoms with van der Waals surface area (Å²) in [6.07, 6.45) is 1.99. The number of nitrogens with zero attached hydrogens (tertiary/aromatic N) is 2. The third-order valence-corrected chi connectivity index (χ3v) is 3.50. The molecule has 0 aliphatic rings. The van der Waals surface area contributed by atoms with E-state index >= 15 is 0 Å². The Balaban J connectivity index is 2.11. The summed E-state index contributed by atoms with van der Waals surface area (Å²) in [5.74, 6) is -0.515. The SMILES string of the molecule is COC(=O)c1cnc(NCCc2ccsc2)c([N+](=O)[O-])c1. The molecule has 0 saturated heterocycles. The van der Waals surface area contributed by atoms with Crippen LogP contribution in [0.15, 0.2) is 29.1 Å². The van der Waals surface area contributed by atoms with Gasteiger partial charge in [-0.05, 0) is 28.8 Å². The van der Waals surface area contributed by atoms with Gasteiger partial charge in [-0.15, -0.1) is 0 Å². The molecular formula is C13H13N3O4S. The lowest BCUT2D eigenvalue weighted by Crippen LogP contribution is -2.10. The number of carbonyl (C=O) groups is 1. The average Bonchev–Trinajstić information content (AvgIpc) is 2.99. The lowest BCUT2D eigenvalue weighted by molar-refractivity contribution is -0.384. The van der Waals surface area contributed by atoms with Crippen LogP contribution in [0.2, 0.25) is 0 Å². The number of nitro groups is 1. The first-order chi connectivity index (χ1) is 10.1. The Morgan fingerprint density at radius 3 is 3.00 bits per heavy atom. The normalized spacial score (nSPS) is 10.1. The molecular weight excluding hydrogens is 294 g/mol. The first kappa shape index (κ1) is 14.9. The maximum Gasteiger partial charge on any atom is 0.339 e. The number of pyridine rings is 1. The van der Waals surface area contributed by atoms with Crippen molar-refractivity contribution in [1.29, 1.82) is 0 Å². The molecule has 1 N–H and O–H groups in total. The van der Waals surface area contributed by atoms with E-state index in [1.807, 2.05) is 16.8 Å². The van der Waals surface area contributed by atoms with E-state index < -0.39 is 10.9 Å². The maximum absolute atomic E-state index is 11.4. The Hall–Kier alpha value is -2.48. The number of thiophene rings is 1. The number of rotatable bonds is 6. The Labute approximate surface area is 124 Å². The van der Waals surface area contributed by atoms with Crippen molar-refractivity contribution in [2.45, 2.75) is 6.42 Å². The first-order valence-electron chi connectivity index (χ1n) is 6.09. The summed E-state index contributed by atoms with van der Waals surface area (Å²) >= 11 is 1.60. The van der Waals surface area contributed by atoms with Crippen molar-refractivity contribution in [2.75, 3.05) is 19.0 Å². The smallest absolute Gasteiger partial charge is 0.339 e. The summed E-state index contributed by atoms with van der Waals surface area (Å²) in [4.78, 5) is 25.8. The number of aromatic nitrogens is 1. The third kappa shape index (κ3) is 3.76. The molecule has 0 aromatic carbocycles. The van der Waals surface area contributed by atoms with Crippen molar-refractivity contribution >= 4 is 28.8 Å². The molecule has 0 aliphatic carbocycles. The minimum Gasteiger partial charge on any atom is -0.465 e. The number of anilines is 1. The first-order valence-corrected chi connectivity index (χ1v) is 7.04. The van der Waals surface area contributed by atoms with E-state index in [1.54, 1.807) is 11.3 Å². The topological polar surface area (TPSA) is 94.4 Å². The van der Waals surface area contributed by atoms with E-state index in [1.165, 1.54) is 13.3 Å². The second kappa shape index (κ2) is 6.80. The maximum atomic E-state index is 11.4. The molecule has 2 aromatic heterocycles.